The van der Waals surface area contributed by atoms with Gasteiger partial charge in [0.15, 0.2) is 0 Å². The Morgan fingerprint density at radius 1 is 1.35 bits per heavy atom. The minimum Gasteiger partial charge on any atom is -0.477 e. The van der Waals surface area contributed by atoms with E-state index in [1.54, 1.807) is 5.51 Å². The summed E-state index contributed by atoms with van der Waals surface area (Å²) in [5.41, 5.74) is 1.74. The molecule has 2 rings (SSSR count). The summed E-state index contributed by atoms with van der Waals surface area (Å²) in [5.74, 6) is -0.132. The van der Waals surface area contributed by atoms with Gasteiger partial charge >= 0.3 is 6.18 Å². The molecule has 0 saturated heterocycles. The average Bonchev–Trinajstić information content (AvgIpc) is 2.73. The number of ether oxygens (including phenoxy) is 1. The Balaban J connectivity index is 2.03. The fraction of sp³-hybridized carbons (Fsp3) is 0.333. The van der Waals surface area contributed by atoms with Crippen LogP contribution in [0, 0.1) is 6.92 Å². The predicted octanol–water partition coefficient (Wildman–Crippen LogP) is 4.14. The molecule has 0 radical (unpaired) electrons. The van der Waals surface area contributed by atoms with E-state index in [9.17, 15) is 13.2 Å². The van der Waals surface area contributed by atoms with Crippen LogP contribution in [-0.2, 0) is 12.6 Å². The van der Waals surface area contributed by atoms with Crippen molar-refractivity contribution >= 4 is 22.9 Å². The van der Waals surface area contributed by atoms with Gasteiger partial charge in [-0.15, -0.1) is 11.3 Å². The third-order valence-electron chi connectivity index (χ3n) is 2.52. The zero-order valence-electron chi connectivity index (χ0n) is 10.4. The third kappa shape index (κ3) is 3.83. The van der Waals surface area contributed by atoms with E-state index in [0.29, 0.717) is 6.42 Å². The molecule has 108 valence electrons. The van der Waals surface area contributed by atoms with Crippen LogP contribution >= 0.6 is 22.9 Å². The van der Waals surface area contributed by atoms with E-state index in [-0.39, 0.29) is 17.6 Å². The lowest BCUT2D eigenvalue weighted by Gasteiger charge is -2.10. The highest BCUT2D eigenvalue weighted by molar-refractivity contribution is 7.09. The van der Waals surface area contributed by atoms with Gasteiger partial charge in [0.2, 0.25) is 5.88 Å². The van der Waals surface area contributed by atoms with Crippen LogP contribution in [-0.4, -0.2) is 16.6 Å². The van der Waals surface area contributed by atoms with Gasteiger partial charge in [-0.25, -0.2) is 9.97 Å². The number of aryl methyl sites for hydroxylation is 1. The van der Waals surface area contributed by atoms with Crippen molar-refractivity contribution in [3.63, 3.8) is 0 Å². The zero-order valence-corrected chi connectivity index (χ0v) is 11.9. The molecular weight excluding hydrogens is 313 g/mol. The van der Waals surface area contributed by atoms with E-state index < -0.39 is 11.7 Å². The Kier molecular flexibility index (Phi) is 4.49. The van der Waals surface area contributed by atoms with Gasteiger partial charge in [-0.1, -0.05) is 11.6 Å². The Morgan fingerprint density at radius 3 is 2.70 bits per heavy atom. The van der Waals surface area contributed by atoms with E-state index in [1.807, 2.05) is 6.92 Å². The smallest absolute Gasteiger partial charge is 0.416 e. The van der Waals surface area contributed by atoms with E-state index in [2.05, 4.69) is 9.97 Å². The molecule has 20 heavy (non-hydrogen) atoms. The molecule has 0 aliphatic heterocycles. The fourth-order valence-electron chi connectivity index (χ4n) is 1.52. The van der Waals surface area contributed by atoms with Gasteiger partial charge in [0.1, 0.15) is 5.15 Å². The molecule has 0 unspecified atom stereocenters. The van der Waals surface area contributed by atoms with Crippen LogP contribution in [0.15, 0.2) is 17.6 Å². The molecule has 0 amide bonds. The Morgan fingerprint density at radius 2 is 2.10 bits per heavy atom. The lowest BCUT2D eigenvalue weighted by molar-refractivity contribution is -0.137. The highest BCUT2D eigenvalue weighted by Crippen LogP contribution is 2.32. The molecule has 0 aliphatic rings. The van der Waals surface area contributed by atoms with Crippen molar-refractivity contribution in [3.8, 4) is 5.88 Å². The van der Waals surface area contributed by atoms with Crippen molar-refractivity contribution in [2.24, 2.45) is 0 Å². The maximum absolute atomic E-state index is 12.6. The lowest BCUT2D eigenvalue weighted by Crippen LogP contribution is -2.08. The summed E-state index contributed by atoms with van der Waals surface area (Å²) in [4.78, 5) is 8.83. The van der Waals surface area contributed by atoms with Crippen LogP contribution in [0.4, 0.5) is 13.2 Å². The molecule has 0 bridgehead atoms. The van der Waals surface area contributed by atoms with Crippen LogP contribution in [0.25, 0.3) is 0 Å². The van der Waals surface area contributed by atoms with E-state index in [1.165, 1.54) is 11.3 Å². The molecule has 2 aromatic heterocycles. The summed E-state index contributed by atoms with van der Waals surface area (Å²) in [7, 11) is 0. The molecule has 0 N–H and O–H groups in total. The maximum Gasteiger partial charge on any atom is 0.416 e. The van der Waals surface area contributed by atoms with Gasteiger partial charge in [0.05, 0.1) is 23.4 Å². The number of halogens is 4. The molecule has 0 aromatic carbocycles. The summed E-state index contributed by atoms with van der Waals surface area (Å²) in [6.45, 7) is 2.08. The fourth-order valence-corrected chi connectivity index (χ4v) is 2.49. The number of nitrogens with zero attached hydrogens (tertiary/aromatic N) is 2. The molecule has 0 spiro atoms. The number of thiazole rings is 1. The van der Waals surface area contributed by atoms with Crippen molar-refractivity contribution in [2.45, 2.75) is 19.5 Å². The Hall–Kier alpha value is -1.34. The second kappa shape index (κ2) is 5.97. The first-order chi connectivity index (χ1) is 9.36. The normalized spacial score (nSPS) is 11.7. The standard InChI is InChI=1S/C12H10ClF3N2OS/c1-7-9(20-6-17-7)2-3-19-11-5-8(12(14,15)16)4-10(13)18-11/h4-6H,2-3H2,1H3. The average molecular weight is 323 g/mol. The molecular formula is C12H10ClF3N2OS. The van der Waals surface area contributed by atoms with E-state index >= 15 is 0 Å². The molecule has 3 nitrogen and oxygen atoms in total. The predicted molar refractivity (Wildman–Crippen MR) is 70.3 cm³/mol. The van der Waals surface area contributed by atoms with Crippen LogP contribution < -0.4 is 4.74 Å². The Bertz CT molecular complexity index is 601. The van der Waals surface area contributed by atoms with E-state index in [0.717, 1.165) is 22.7 Å². The molecule has 0 aliphatic carbocycles. The molecule has 8 heteroatoms. The van der Waals surface area contributed by atoms with Crippen LogP contribution in [0.2, 0.25) is 5.15 Å². The molecule has 0 atom stereocenters. The number of pyridine rings is 1. The molecule has 0 saturated carbocycles. The van der Waals surface area contributed by atoms with Crippen molar-refractivity contribution in [2.75, 3.05) is 6.61 Å². The first kappa shape index (κ1) is 15.1. The van der Waals surface area contributed by atoms with Gasteiger partial charge in [-0.2, -0.15) is 13.2 Å². The monoisotopic (exact) mass is 322 g/mol. The van der Waals surface area contributed by atoms with Gasteiger partial charge in [0.25, 0.3) is 0 Å². The first-order valence-corrected chi connectivity index (χ1v) is 6.88. The van der Waals surface area contributed by atoms with Crippen molar-refractivity contribution in [3.05, 3.63) is 38.9 Å². The quantitative estimate of drug-likeness (QED) is 0.793. The highest BCUT2D eigenvalue weighted by atomic mass is 35.5. The second-order valence-electron chi connectivity index (χ2n) is 3.97. The van der Waals surface area contributed by atoms with Gasteiger partial charge in [-0.05, 0) is 13.0 Å². The largest absolute Gasteiger partial charge is 0.477 e. The summed E-state index contributed by atoms with van der Waals surface area (Å²) >= 11 is 7.04. The Labute approximate surface area is 122 Å². The number of rotatable bonds is 4. The number of hydrogen-bond donors (Lipinski definition) is 0. The van der Waals surface area contributed by atoms with Crippen LogP contribution in [0.1, 0.15) is 16.1 Å². The SMILES string of the molecule is Cc1ncsc1CCOc1cc(C(F)(F)F)cc(Cl)n1. The highest BCUT2D eigenvalue weighted by Gasteiger charge is 2.31. The van der Waals surface area contributed by atoms with Gasteiger partial charge < -0.3 is 4.74 Å². The summed E-state index contributed by atoms with van der Waals surface area (Å²) in [6, 6.07) is 1.60. The third-order valence-corrected chi connectivity index (χ3v) is 3.71. The van der Waals surface area contributed by atoms with Crippen molar-refractivity contribution < 1.29 is 17.9 Å². The zero-order chi connectivity index (χ0) is 14.8. The van der Waals surface area contributed by atoms with Crippen LogP contribution in [0.3, 0.4) is 0 Å². The minimum atomic E-state index is -4.47. The minimum absolute atomic E-state index is 0.132. The molecule has 2 aromatic rings. The van der Waals surface area contributed by atoms with Gasteiger partial charge in [0, 0.05) is 17.4 Å². The lowest BCUT2D eigenvalue weighted by atomic mass is 10.2. The summed E-state index contributed by atoms with van der Waals surface area (Å²) in [5, 5.41) is -0.246. The summed E-state index contributed by atoms with van der Waals surface area (Å²) < 4.78 is 43.0. The van der Waals surface area contributed by atoms with Crippen molar-refractivity contribution in [1.29, 1.82) is 0 Å². The molecule has 0 fully saturated rings. The number of aromatic nitrogens is 2. The topological polar surface area (TPSA) is 35.0 Å². The first-order valence-electron chi connectivity index (χ1n) is 5.63. The van der Waals surface area contributed by atoms with E-state index in [4.69, 9.17) is 16.3 Å². The summed E-state index contributed by atoms with van der Waals surface area (Å²) in [6.07, 6.45) is -3.91. The molecule has 2 heterocycles. The number of hydrogen-bond acceptors (Lipinski definition) is 4. The second-order valence-corrected chi connectivity index (χ2v) is 5.30. The van der Waals surface area contributed by atoms with Crippen molar-refractivity contribution in [1.82, 2.24) is 9.97 Å². The number of alkyl halides is 3. The maximum atomic E-state index is 12.6. The van der Waals surface area contributed by atoms with Crippen LogP contribution in [0.5, 0.6) is 5.88 Å². The van der Waals surface area contributed by atoms with Gasteiger partial charge in [-0.3, -0.25) is 0 Å².